The number of nitrogens with one attached hydrogen (secondary N) is 2. The maximum absolute atomic E-state index is 12.3. The number of ether oxygens (including phenoxy) is 1. The predicted octanol–water partition coefficient (Wildman–Crippen LogP) is 3.85. The van der Waals surface area contributed by atoms with E-state index in [-0.39, 0.29) is 5.91 Å². The number of pyridine rings is 1. The first-order valence-electron chi connectivity index (χ1n) is 7.36. The van der Waals surface area contributed by atoms with Crippen LogP contribution in [0.5, 0.6) is 0 Å². The summed E-state index contributed by atoms with van der Waals surface area (Å²) in [6, 6.07) is 9.29. The summed E-state index contributed by atoms with van der Waals surface area (Å²) in [7, 11) is 1.68. The lowest BCUT2D eigenvalue weighted by atomic mass is 10.2. The summed E-state index contributed by atoms with van der Waals surface area (Å²) < 4.78 is 5.97. The minimum Gasteiger partial charge on any atom is -0.385 e. The van der Waals surface area contributed by atoms with Gasteiger partial charge in [-0.25, -0.2) is 4.98 Å². The van der Waals surface area contributed by atoms with E-state index in [2.05, 4.69) is 31.5 Å². The number of carbonyl (C=O) groups excluding carboxylic acids is 1. The van der Waals surface area contributed by atoms with E-state index in [0.717, 1.165) is 34.5 Å². The Kier molecular flexibility index (Phi) is 6.55. The summed E-state index contributed by atoms with van der Waals surface area (Å²) >= 11 is 3.41. The van der Waals surface area contributed by atoms with Gasteiger partial charge in [-0.2, -0.15) is 0 Å². The van der Waals surface area contributed by atoms with E-state index in [1.165, 1.54) is 0 Å². The zero-order chi connectivity index (χ0) is 16.7. The second kappa shape index (κ2) is 8.64. The van der Waals surface area contributed by atoms with Crippen LogP contribution in [0.3, 0.4) is 0 Å². The van der Waals surface area contributed by atoms with Gasteiger partial charge in [-0.05, 0) is 49.2 Å². The zero-order valence-corrected chi connectivity index (χ0v) is 14.8. The molecule has 0 unspecified atom stereocenters. The number of nitrogens with zero attached hydrogens (tertiary/aromatic N) is 1. The maximum atomic E-state index is 12.3. The van der Waals surface area contributed by atoms with Crippen LogP contribution in [0.2, 0.25) is 0 Å². The molecule has 0 aliphatic rings. The molecule has 23 heavy (non-hydrogen) atoms. The lowest BCUT2D eigenvalue weighted by Gasteiger charge is -2.09. The summed E-state index contributed by atoms with van der Waals surface area (Å²) in [6.07, 6.45) is 2.48. The van der Waals surface area contributed by atoms with Gasteiger partial charge >= 0.3 is 0 Å². The number of aryl methyl sites for hydroxylation is 1. The number of anilines is 2. The Morgan fingerprint density at radius 1 is 1.30 bits per heavy atom. The molecule has 1 amide bonds. The molecule has 0 saturated heterocycles. The Bertz CT molecular complexity index is 659. The zero-order valence-electron chi connectivity index (χ0n) is 13.2. The number of carbonyl (C=O) groups is 1. The number of hydrogen-bond donors (Lipinski definition) is 2. The number of hydrogen-bond acceptors (Lipinski definition) is 4. The fourth-order valence-corrected chi connectivity index (χ4v) is 2.50. The highest BCUT2D eigenvalue weighted by Gasteiger charge is 2.08. The minimum absolute atomic E-state index is 0.172. The van der Waals surface area contributed by atoms with Crippen molar-refractivity contribution in [2.75, 3.05) is 30.9 Å². The van der Waals surface area contributed by atoms with Gasteiger partial charge in [0.2, 0.25) is 0 Å². The van der Waals surface area contributed by atoms with Crippen LogP contribution < -0.4 is 10.6 Å². The molecule has 0 spiro atoms. The largest absolute Gasteiger partial charge is 0.385 e. The van der Waals surface area contributed by atoms with E-state index in [1.54, 1.807) is 25.4 Å². The summed E-state index contributed by atoms with van der Waals surface area (Å²) in [5, 5.41) is 6.08. The molecule has 1 aromatic heterocycles. The van der Waals surface area contributed by atoms with Gasteiger partial charge in [-0.1, -0.05) is 15.9 Å². The topological polar surface area (TPSA) is 63.2 Å². The molecule has 0 saturated carbocycles. The Hall–Kier alpha value is -1.92. The molecule has 2 N–H and O–H groups in total. The SMILES string of the molecule is COCCCNc1ccc(C(=O)Nc2ccc(Br)cc2C)cn1. The molecule has 0 radical (unpaired) electrons. The van der Waals surface area contributed by atoms with Crippen LogP contribution in [0.15, 0.2) is 41.0 Å². The third kappa shape index (κ3) is 5.33. The summed E-state index contributed by atoms with van der Waals surface area (Å²) in [5.74, 6) is 0.575. The second-order valence-electron chi connectivity index (χ2n) is 5.12. The molecule has 0 bridgehead atoms. The van der Waals surface area contributed by atoms with Crippen molar-refractivity contribution in [3.05, 3.63) is 52.1 Å². The average molecular weight is 378 g/mol. The monoisotopic (exact) mass is 377 g/mol. The summed E-state index contributed by atoms with van der Waals surface area (Å²) in [5.41, 5.74) is 2.31. The number of halogens is 1. The van der Waals surface area contributed by atoms with E-state index in [4.69, 9.17) is 4.74 Å². The molecule has 0 aliphatic heterocycles. The molecule has 2 aromatic rings. The van der Waals surface area contributed by atoms with Crippen LogP contribution in [-0.2, 0) is 4.74 Å². The smallest absolute Gasteiger partial charge is 0.257 e. The second-order valence-corrected chi connectivity index (χ2v) is 6.03. The van der Waals surface area contributed by atoms with Gasteiger partial charge in [0.25, 0.3) is 5.91 Å². The molecule has 2 rings (SSSR count). The molecule has 1 aromatic carbocycles. The van der Waals surface area contributed by atoms with E-state index >= 15 is 0 Å². The van der Waals surface area contributed by atoms with Crippen molar-refractivity contribution in [1.29, 1.82) is 0 Å². The van der Waals surface area contributed by atoms with Crippen LogP contribution in [0.1, 0.15) is 22.3 Å². The van der Waals surface area contributed by atoms with Crippen molar-refractivity contribution >= 4 is 33.3 Å². The highest BCUT2D eigenvalue weighted by atomic mass is 79.9. The van der Waals surface area contributed by atoms with Gasteiger partial charge in [0.05, 0.1) is 5.56 Å². The molecule has 6 heteroatoms. The van der Waals surface area contributed by atoms with Crippen LogP contribution in [0.4, 0.5) is 11.5 Å². The van der Waals surface area contributed by atoms with Crippen molar-refractivity contribution in [1.82, 2.24) is 4.98 Å². The van der Waals surface area contributed by atoms with E-state index < -0.39 is 0 Å². The lowest BCUT2D eigenvalue weighted by molar-refractivity contribution is 0.102. The molecule has 122 valence electrons. The summed E-state index contributed by atoms with van der Waals surface area (Å²) in [6.45, 7) is 3.44. The number of rotatable bonds is 7. The molecular weight excluding hydrogens is 358 g/mol. The average Bonchev–Trinajstić information content (AvgIpc) is 2.55. The fraction of sp³-hybridized carbons (Fsp3) is 0.294. The van der Waals surface area contributed by atoms with Crippen LogP contribution >= 0.6 is 15.9 Å². The van der Waals surface area contributed by atoms with Crippen molar-refractivity contribution in [2.24, 2.45) is 0 Å². The molecule has 0 aliphatic carbocycles. The minimum atomic E-state index is -0.172. The summed E-state index contributed by atoms with van der Waals surface area (Å²) in [4.78, 5) is 16.5. The number of methoxy groups -OCH3 is 1. The van der Waals surface area contributed by atoms with E-state index in [1.807, 2.05) is 25.1 Å². The lowest BCUT2D eigenvalue weighted by Crippen LogP contribution is -2.13. The number of amides is 1. The van der Waals surface area contributed by atoms with Crippen molar-refractivity contribution < 1.29 is 9.53 Å². The number of benzene rings is 1. The van der Waals surface area contributed by atoms with Crippen molar-refractivity contribution in [2.45, 2.75) is 13.3 Å². The quantitative estimate of drug-likeness (QED) is 0.719. The van der Waals surface area contributed by atoms with Gasteiger partial charge in [-0.15, -0.1) is 0 Å². The number of aromatic nitrogens is 1. The maximum Gasteiger partial charge on any atom is 0.257 e. The fourth-order valence-electron chi connectivity index (χ4n) is 2.03. The normalized spacial score (nSPS) is 10.4. The first kappa shape index (κ1) is 17.4. The van der Waals surface area contributed by atoms with E-state index in [9.17, 15) is 4.79 Å². The molecule has 0 atom stereocenters. The molecular formula is C17H20BrN3O2. The third-order valence-electron chi connectivity index (χ3n) is 3.29. The Morgan fingerprint density at radius 2 is 2.13 bits per heavy atom. The molecule has 5 nitrogen and oxygen atoms in total. The van der Waals surface area contributed by atoms with Crippen LogP contribution in [-0.4, -0.2) is 31.2 Å². The molecule has 0 fully saturated rings. The van der Waals surface area contributed by atoms with Gasteiger partial charge in [0, 0.05) is 36.6 Å². The van der Waals surface area contributed by atoms with Crippen molar-refractivity contribution in [3.63, 3.8) is 0 Å². The van der Waals surface area contributed by atoms with E-state index in [0.29, 0.717) is 12.2 Å². The Morgan fingerprint density at radius 3 is 2.78 bits per heavy atom. The first-order chi connectivity index (χ1) is 11.1. The van der Waals surface area contributed by atoms with Gasteiger partial charge in [-0.3, -0.25) is 4.79 Å². The Labute approximate surface area is 144 Å². The van der Waals surface area contributed by atoms with Gasteiger partial charge in [0.15, 0.2) is 0 Å². The van der Waals surface area contributed by atoms with Crippen LogP contribution in [0.25, 0.3) is 0 Å². The Balaban J connectivity index is 1.94. The van der Waals surface area contributed by atoms with Gasteiger partial charge in [0.1, 0.15) is 5.82 Å². The van der Waals surface area contributed by atoms with Crippen molar-refractivity contribution in [3.8, 4) is 0 Å². The highest BCUT2D eigenvalue weighted by molar-refractivity contribution is 9.10. The highest BCUT2D eigenvalue weighted by Crippen LogP contribution is 2.20. The standard InChI is InChI=1S/C17H20BrN3O2/c1-12-10-14(18)5-6-15(12)21-17(22)13-4-7-16(20-11-13)19-8-3-9-23-2/h4-7,10-11H,3,8-9H2,1-2H3,(H,19,20)(H,21,22). The van der Waals surface area contributed by atoms with Gasteiger partial charge < -0.3 is 15.4 Å². The third-order valence-corrected chi connectivity index (χ3v) is 3.79. The molecule has 1 heterocycles. The predicted molar refractivity (Wildman–Crippen MR) is 96.1 cm³/mol. The van der Waals surface area contributed by atoms with Crippen LogP contribution in [0, 0.1) is 6.92 Å². The first-order valence-corrected chi connectivity index (χ1v) is 8.16.